The van der Waals surface area contributed by atoms with Crippen molar-refractivity contribution >= 4 is 21.4 Å². The maximum Gasteiger partial charge on any atom is 0.293 e. The van der Waals surface area contributed by atoms with Crippen LogP contribution in [0.4, 0.5) is 11.4 Å². The summed E-state index contributed by atoms with van der Waals surface area (Å²) in [5, 5.41) is 10.7. The van der Waals surface area contributed by atoms with Crippen molar-refractivity contribution in [3.05, 3.63) is 28.3 Å². The second kappa shape index (κ2) is 6.64. The van der Waals surface area contributed by atoms with Crippen LogP contribution in [0.2, 0.25) is 0 Å². The van der Waals surface area contributed by atoms with Crippen LogP contribution in [0.25, 0.3) is 0 Å². The number of rotatable bonds is 7. The van der Waals surface area contributed by atoms with Gasteiger partial charge in [0.25, 0.3) is 5.69 Å². The van der Waals surface area contributed by atoms with Crippen molar-refractivity contribution in [1.29, 1.82) is 0 Å². The minimum atomic E-state index is -3.84. The molecule has 0 radical (unpaired) electrons. The van der Waals surface area contributed by atoms with Crippen LogP contribution in [-0.4, -0.2) is 32.6 Å². The van der Waals surface area contributed by atoms with Crippen LogP contribution in [0.15, 0.2) is 23.1 Å². The molecule has 0 aliphatic heterocycles. The first kappa shape index (κ1) is 16.3. The van der Waals surface area contributed by atoms with Crippen LogP contribution in [-0.2, 0) is 14.8 Å². The van der Waals surface area contributed by atoms with Crippen molar-refractivity contribution in [2.45, 2.75) is 24.8 Å². The van der Waals surface area contributed by atoms with Crippen molar-refractivity contribution in [3.8, 4) is 0 Å². The standard InChI is InChI=1S/C11H17N3O5S/c1-3-19-8(2)7-13-20(17,18)9-4-5-10(12)11(6-9)14(15)16/h4-6,8,13H,3,7,12H2,1-2H3. The highest BCUT2D eigenvalue weighted by atomic mass is 32.2. The predicted octanol–water partition coefficient (Wildman–Crippen LogP) is 0.880. The zero-order valence-corrected chi connectivity index (χ0v) is 12.0. The highest BCUT2D eigenvalue weighted by Crippen LogP contribution is 2.24. The zero-order valence-electron chi connectivity index (χ0n) is 11.2. The summed E-state index contributed by atoms with van der Waals surface area (Å²) in [7, 11) is -3.84. The number of nitrogens with zero attached hydrogens (tertiary/aromatic N) is 1. The van der Waals surface area contributed by atoms with Gasteiger partial charge in [0.1, 0.15) is 5.69 Å². The molecule has 0 heterocycles. The second-order valence-corrected chi connectivity index (χ2v) is 5.86. The van der Waals surface area contributed by atoms with Crippen molar-refractivity contribution in [1.82, 2.24) is 4.72 Å². The van der Waals surface area contributed by atoms with E-state index in [1.165, 1.54) is 12.1 Å². The van der Waals surface area contributed by atoms with Crippen molar-refractivity contribution < 1.29 is 18.1 Å². The maximum atomic E-state index is 12.0. The smallest absolute Gasteiger partial charge is 0.293 e. The Morgan fingerprint density at radius 2 is 2.15 bits per heavy atom. The Kier molecular flexibility index (Phi) is 5.43. The Labute approximate surface area is 117 Å². The third-order valence-corrected chi connectivity index (χ3v) is 3.94. The molecule has 0 saturated carbocycles. The zero-order chi connectivity index (χ0) is 15.3. The summed E-state index contributed by atoms with van der Waals surface area (Å²) in [6.07, 6.45) is -0.293. The first-order valence-electron chi connectivity index (χ1n) is 5.93. The summed E-state index contributed by atoms with van der Waals surface area (Å²) in [5.41, 5.74) is 4.89. The van der Waals surface area contributed by atoms with Crippen LogP contribution < -0.4 is 10.5 Å². The minimum Gasteiger partial charge on any atom is -0.393 e. The Morgan fingerprint density at radius 3 is 2.70 bits per heavy atom. The summed E-state index contributed by atoms with van der Waals surface area (Å²) in [4.78, 5) is 9.81. The molecule has 1 aromatic rings. The molecule has 20 heavy (non-hydrogen) atoms. The highest BCUT2D eigenvalue weighted by molar-refractivity contribution is 7.89. The number of nitro benzene ring substituents is 1. The van der Waals surface area contributed by atoms with E-state index in [0.29, 0.717) is 6.61 Å². The van der Waals surface area contributed by atoms with E-state index in [2.05, 4.69) is 4.72 Å². The highest BCUT2D eigenvalue weighted by Gasteiger charge is 2.20. The molecule has 0 aliphatic rings. The average Bonchev–Trinajstić information content (AvgIpc) is 2.37. The minimum absolute atomic E-state index is 0.0777. The molecule has 9 heteroatoms. The SMILES string of the molecule is CCOC(C)CNS(=O)(=O)c1ccc(N)c([N+](=O)[O-])c1. The number of anilines is 1. The van der Waals surface area contributed by atoms with E-state index < -0.39 is 20.6 Å². The summed E-state index contributed by atoms with van der Waals surface area (Å²) in [6.45, 7) is 4.07. The van der Waals surface area contributed by atoms with Crippen molar-refractivity contribution in [2.24, 2.45) is 0 Å². The monoisotopic (exact) mass is 303 g/mol. The number of nitrogen functional groups attached to an aromatic ring is 1. The largest absolute Gasteiger partial charge is 0.393 e. The Balaban J connectivity index is 2.93. The molecule has 0 saturated heterocycles. The normalized spacial score (nSPS) is 13.1. The average molecular weight is 303 g/mol. The van der Waals surface area contributed by atoms with E-state index in [9.17, 15) is 18.5 Å². The molecule has 0 bridgehead atoms. The molecule has 112 valence electrons. The van der Waals surface area contributed by atoms with E-state index in [0.717, 1.165) is 6.07 Å². The van der Waals surface area contributed by atoms with Gasteiger partial charge in [0, 0.05) is 19.2 Å². The van der Waals surface area contributed by atoms with Gasteiger partial charge in [-0.1, -0.05) is 0 Å². The molecule has 1 aromatic carbocycles. The number of nitrogens with one attached hydrogen (secondary N) is 1. The fraction of sp³-hybridized carbons (Fsp3) is 0.455. The van der Waals surface area contributed by atoms with E-state index in [-0.39, 0.29) is 23.2 Å². The number of benzene rings is 1. The van der Waals surface area contributed by atoms with E-state index in [4.69, 9.17) is 10.5 Å². The van der Waals surface area contributed by atoms with Crippen LogP contribution in [0.5, 0.6) is 0 Å². The predicted molar refractivity (Wildman–Crippen MR) is 73.8 cm³/mol. The number of ether oxygens (including phenoxy) is 1. The summed E-state index contributed by atoms with van der Waals surface area (Å²) < 4.78 is 31.5. The lowest BCUT2D eigenvalue weighted by Gasteiger charge is -2.13. The molecular formula is C11H17N3O5S. The van der Waals surface area contributed by atoms with Gasteiger partial charge in [-0.2, -0.15) is 0 Å². The number of hydrogen-bond acceptors (Lipinski definition) is 6. The molecule has 0 aromatic heterocycles. The second-order valence-electron chi connectivity index (χ2n) is 4.10. The fourth-order valence-electron chi connectivity index (χ4n) is 1.50. The van der Waals surface area contributed by atoms with Gasteiger partial charge in [-0.05, 0) is 26.0 Å². The number of nitrogens with two attached hydrogens (primary N) is 1. The number of nitro groups is 1. The third-order valence-electron chi connectivity index (χ3n) is 2.52. The molecule has 0 spiro atoms. The van der Waals surface area contributed by atoms with Crippen LogP contribution in [0.1, 0.15) is 13.8 Å². The quantitative estimate of drug-likeness (QED) is 0.437. The van der Waals surface area contributed by atoms with E-state index in [1.807, 2.05) is 0 Å². The topological polar surface area (TPSA) is 125 Å². The summed E-state index contributed by atoms with van der Waals surface area (Å²) in [6, 6.07) is 3.34. The molecule has 1 unspecified atom stereocenters. The molecule has 0 aliphatic carbocycles. The summed E-state index contributed by atoms with van der Waals surface area (Å²) >= 11 is 0. The van der Waals surface area contributed by atoms with E-state index >= 15 is 0 Å². The Morgan fingerprint density at radius 1 is 1.50 bits per heavy atom. The van der Waals surface area contributed by atoms with Crippen molar-refractivity contribution in [2.75, 3.05) is 18.9 Å². The van der Waals surface area contributed by atoms with Crippen LogP contribution >= 0.6 is 0 Å². The molecule has 8 nitrogen and oxygen atoms in total. The molecule has 0 amide bonds. The van der Waals surface area contributed by atoms with Gasteiger partial charge in [0.05, 0.1) is 15.9 Å². The van der Waals surface area contributed by atoms with Crippen molar-refractivity contribution in [3.63, 3.8) is 0 Å². The summed E-state index contributed by atoms with van der Waals surface area (Å²) in [5.74, 6) is 0. The molecule has 1 atom stereocenters. The van der Waals surface area contributed by atoms with Gasteiger partial charge in [-0.3, -0.25) is 10.1 Å². The van der Waals surface area contributed by atoms with Gasteiger partial charge in [0.2, 0.25) is 10.0 Å². The van der Waals surface area contributed by atoms with Gasteiger partial charge in [-0.15, -0.1) is 0 Å². The lowest BCUT2D eigenvalue weighted by atomic mass is 10.3. The lowest BCUT2D eigenvalue weighted by molar-refractivity contribution is -0.384. The Hall–Kier alpha value is -1.71. The van der Waals surface area contributed by atoms with Crippen LogP contribution in [0.3, 0.4) is 0 Å². The number of hydrogen-bond donors (Lipinski definition) is 2. The first-order chi connectivity index (χ1) is 9.27. The molecule has 3 N–H and O–H groups in total. The third kappa shape index (κ3) is 4.15. The van der Waals surface area contributed by atoms with Crippen LogP contribution in [0, 0.1) is 10.1 Å². The fourth-order valence-corrected chi connectivity index (χ4v) is 2.64. The number of sulfonamides is 1. The molecular weight excluding hydrogens is 286 g/mol. The molecule has 1 rings (SSSR count). The Bertz CT molecular complexity index is 588. The molecule has 0 fully saturated rings. The lowest BCUT2D eigenvalue weighted by Crippen LogP contribution is -2.32. The van der Waals surface area contributed by atoms with Gasteiger partial charge >= 0.3 is 0 Å². The van der Waals surface area contributed by atoms with Gasteiger partial charge in [0.15, 0.2) is 0 Å². The van der Waals surface area contributed by atoms with E-state index in [1.54, 1.807) is 13.8 Å². The van der Waals surface area contributed by atoms with Gasteiger partial charge < -0.3 is 10.5 Å². The maximum absolute atomic E-state index is 12.0. The van der Waals surface area contributed by atoms with Gasteiger partial charge in [-0.25, -0.2) is 13.1 Å². The first-order valence-corrected chi connectivity index (χ1v) is 7.41.